The normalized spacial score (nSPS) is 12.9. The van der Waals surface area contributed by atoms with Crippen molar-refractivity contribution in [3.05, 3.63) is 24.3 Å². The highest BCUT2D eigenvalue weighted by molar-refractivity contribution is 5.69. The molecule has 0 aliphatic heterocycles. The minimum Gasteiger partial charge on any atom is -0.465 e. The van der Waals surface area contributed by atoms with E-state index in [1.54, 1.807) is 0 Å². The van der Waals surface area contributed by atoms with Crippen molar-refractivity contribution in [3.63, 3.8) is 0 Å². The van der Waals surface area contributed by atoms with E-state index in [1.807, 2.05) is 6.92 Å². The van der Waals surface area contributed by atoms with Crippen molar-refractivity contribution in [2.24, 2.45) is 5.92 Å². The third kappa shape index (κ3) is 23.8. The van der Waals surface area contributed by atoms with E-state index in [4.69, 9.17) is 19.3 Å². The molecular formula is C28H52O5. The van der Waals surface area contributed by atoms with Gasteiger partial charge in [0.1, 0.15) is 0 Å². The van der Waals surface area contributed by atoms with Gasteiger partial charge < -0.3 is 19.3 Å². The summed E-state index contributed by atoms with van der Waals surface area (Å²) in [7, 11) is 0. The van der Waals surface area contributed by atoms with Gasteiger partial charge in [0.2, 0.25) is 0 Å². The highest BCUT2D eigenvalue weighted by Crippen LogP contribution is 2.10. The molecule has 194 valence electrons. The molecule has 0 aliphatic rings. The maximum atomic E-state index is 12.0. The van der Waals surface area contributed by atoms with E-state index in [0.29, 0.717) is 19.6 Å². The summed E-state index contributed by atoms with van der Waals surface area (Å²) in [4.78, 5) is 12.0. The number of allylic oxidation sites excluding steroid dienone is 4. The zero-order valence-electron chi connectivity index (χ0n) is 21.8. The van der Waals surface area contributed by atoms with E-state index in [2.05, 4.69) is 38.2 Å². The van der Waals surface area contributed by atoms with Gasteiger partial charge in [0.05, 0.1) is 26.2 Å². The second-order valence-electron chi connectivity index (χ2n) is 8.90. The smallest absolute Gasteiger partial charge is 0.305 e. The molecule has 0 aromatic carbocycles. The summed E-state index contributed by atoms with van der Waals surface area (Å²) < 4.78 is 17.1. The first-order valence-electron chi connectivity index (χ1n) is 13.4. The van der Waals surface area contributed by atoms with Crippen molar-refractivity contribution in [2.45, 2.75) is 117 Å². The Morgan fingerprint density at radius 1 is 0.788 bits per heavy atom. The minimum absolute atomic E-state index is 0.0161. The summed E-state index contributed by atoms with van der Waals surface area (Å²) in [5.41, 5.74) is 0. The van der Waals surface area contributed by atoms with Crippen molar-refractivity contribution in [1.82, 2.24) is 0 Å². The summed E-state index contributed by atoms with van der Waals surface area (Å²) in [6, 6.07) is 0. The predicted molar refractivity (Wildman–Crippen MR) is 137 cm³/mol. The van der Waals surface area contributed by atoms with E-state index in [9.17, 15) is 4.79 Å². The van der Waals surface area contributed by atoms with Crippen molar-refractivity contribution in [3.8, 4) is 0 Å². The number of unbranched alkanes of at least 4 members (excludes halogenated alkanes) is 8. The van der Waals surface area contributed by atoms with Gasteiger partial charge in [-0.15, -0.1) is 0 Å². The second-order valence-corrected chi connectivity index (χ2v) is 8.90. The Kier molecular flexibility index (Phi) is 24.6. The molecule has 33 heavy (non-hydrogen) atoms. The second kappa shape index (κ2) is 25.5. The lowest BCUT2D eigenvalue weighted by atomic mass is 10.2. The Balaban J connectivity index is 4.17. The van der Waals surface area contributed by atoms with Gasteiger partial charge in [-0.05, 0) is 51.4 Å². The van der Waals surface area contributed by atoms with Crippen LogP contribution in [-0.2, 0) is 19.0 Å². The molecule has 5 nitrogen and oxygen atoms in total. The van der Waals surface area contributed by atoms with Crippen molar-refractivity contribution < 1.29 is 24.1 Å². The number of aliphatic hydroxyl groups excluding tert-OH is 1. The molecular weight excluding hydrogens is 416 g/mol. The van der Waals surface area contributed by atoms with Crippen LogP contribution in [0.2, 0.25) is 0 Å². The van der Waals surface area contributed by atoms with E-state index in [-0.39, 0.29) is 37.8 Å². The lowest BCUT2D eigenvalue weighted by molar-refractivity contribution is -0.160. The number of rotatable bonds is 24. The van der Waals surface area contributed by atoms with Gasteiger partial charge in [0.15, 0.2) is 6.29 Å². The molecule has 0 heterocycles. The van der Waals surface area contributed by atoms with Crippen LogP contribution in [0, 0.1) is 5.92 Å². The van der Waals surface area contributed by atoms with E-state index in [1.165, 1.54) is 38.5 Å². The molecule has 1 atom stereocenters. The summed E-state index contributed by atoms with van der Waals surface area (Å²) >= 11 is 0. The Bertz CT molecular complexity index is 447. The number of carbonyl (C=O) groups excluding carboxylic acids is 1. The van der Waals surface area contributed by atoms with Crippen LogP contribution in [0.5, 0.6) is 0 Å². The van der Waals surface area contributed by atoms with Crippen LogP contribution < -0.4 is 0 Å². The average molecular weight is 469 g/mol. The number of esters is 1. The molecule has 0 aromatic heterocycles. The van der Waals surface area contributed by atoms with Crippen molar-refractivity contribution in [1.29, 1.82) is 0 Å². The van der Waals surface area contributed by atoms with E-state index >= 15 is 0 Å². The van der Waals surface area contributed by atoms with Crippen LogP contribution in [0.15, 0.2) is 24.3 Å². The molecule has 0 saturated carbocycles. The van der Waals surface area contributed by atoms with Gasteiger partial charge in [-0.2, -0.15) is 0 Å². The monoisotopic (exact) mass is 468 g/mol. The fourth-order valence-corrected chi connectivity index (χ4v) is 3.14. The molecule has 0 amide bonds. The van der Waals surface area contributed by atoms with Gasteiger partial charge in [-0.1, -0.05) is 70.8 Å². The van der Waals surface area contributed by atoms with Gasteiger partial charge in [-0.25, -0.2) is 0 Å². The van der Waals surface area contributed by atoms with Crippen molar-refractivity contribution >= 4 is 5.97 Å². The third-order valence-electron chi connectivity index (χ3n) is 5.34. The molecule has 0 fully saturated rings. The first kappa shape index (κ1) is 31.8. The number of carbonyl (C=O) groups is 1. The van der Waals surface area contributed by atoms with Crippen molar-refractivity contribution in [2.75, 3.05) is 26.4 Å². The molecule has 0 rings (SSSR count). The molecule has 0 saturated heterocycles. The molecule has 1 N–H and O–H groups in total. The molecule has 0 radical (unpaired) electrons. The number of ether oxygens (including phenoxy) is 3. The summed E-state index contributed by atoms with van der Waals surface area (Å²) in [5, 5.41) is 9.05. The fraction of sp³-hybridized carbons (Fsp3) is 0.821. The standard InChI is InChI=1S/C28H52O5/c1-4-6-8-10-12-14-16-18-22-31-28(21-20-27(30)33-25-26(3)24-29)32-23-19-17-15-13-11-9-7-5-2/h12-15,26,28-29H,4-11,16-25H2,1-3H3/b14-12-,15-13-. The summed E-state index contributed by atoms with van der Waals surface area (Å²) in [6.07, 6.45) is 23.2. The largest absolute Gasteiger partial charge is 0.465 e. The Labute approximate surface area is 204 Å². The maximum absolute atomic E-state index is 12.0. The van der Waals surface area contributed by atoms with Gasteiger partial charge in [0.25, 0.3) is 0 Å². The van der Waals surface area contributed by atoms with Gasteiger partial charge in [0, 0.05) is 18.9 Å². The molecule has 0 aromatic rings. The molecule has 0 spiro atoms. The van der Waals surface area contributed by atoms with E-state index in [0.717, 1.165) is 38.5 Å². The van der Waals surface area contributed by atoms with Crippen LogP contribution in [0.1, 0.15) is 111 Å². The quantitative estimate of drug-likeness (QED) is 0.0706. The van der Waals surface area contributed by atoms with Crippen LogP contribution >= 0.6 is 0 Å². The number of hydrogen-bond acceptors (Lipinski definition) is 5. The minimum atomic E-state index is -0.380. The van der Waals surface area contributed by atoms with Gasteiger partial charge in [-0.3, -0.25) is 4.79 Å². The highest BCUT2D eigenvalue weighted by atomic mass is 16.7. The number of aliphatic hydroxyl groups is 1. The first-order chi connectivity index (χ1) is 16.1. The Hall–Kier alpha value is -1.17. The van der Waals surface area contributed by atoms with Gasteiger partial charge >= 0.3 is 5.97 Å². The lowest BCUT2D eigenvalue weighted by Crippen LogP contribution is -2.21. The summed E-state index contributed by atoms with van der Waals surface area (Å²) in [6.45, 7) is 7.80. The zero-order valence-corrected chi connectivity index (χ0v) is 21.8. The van der Waals surface area contributed by atoms with E-state index < -0.39 is 0 Å². The highest BCUT2D eigenvalue weighted by Gasteiger charge is 2.14. The third-order valence-corrected chi connectivity index (χ3v) is 5.34. The summed E-state index contributed by atoms with van der Waals surface area (Å²) in [5.74, 6) is -0.306. The Morgan fingerprint density at radius 2 is 1.27 bits per heavy atom. The first-order valence-corrected chi connectivity index (χ1v) is 13.4. The maximum Gasteiger partial charge on any atom is 0.305 e. The molecule has 5 heteroatoms. The molecule has 0 bridgehead atoms. The molecule has 1 unspecified atom stereocenters. The fourth-order valence-electron chi connectivity index (χ4n) is 3.14. The van der Waals surface area contributed by atoms with Crippen LogP contribution in [0.4, 0.5) is 0 Å². The Morgan fingerprint density at radius 3 is 1.73 bits per heavy atom. The lowest BCUT2D eigenvalue weighted by Gasteiger charge is -2.18. The van der Waals surface area contributed by atoms with Crippen LogP contribution in [-0.4, -0.2) is 43.8 Å². The zero-order chi connectivity index (χ0) is 24.4. The number of hydrogen-bond donors (Lipinski definition) is 1. The molecule has 0 aliphatic carbocycles. The SMILES string of the molecule is CCCCC/C=C\CCCOC(CCC(=O)OCC(C)CO)OCCC/C=C\CCCCC. The van der Waals surface area contributed by atoms with Crippen LogP contribution in [0.3, 0.4) is 0 Å². The predicted octanol–water partition coefficient (Wildman–Crippen LogP) is 7.13. The van der Waals surface area contributed by atoms with Crippen LogP contribution in [0.25, 0.3) is 0 Å². The topological polar surface area (TPSA) is 65.0 Å². The average Bonchev–Trinajstić information content (AvgIpc) is 2.83.